The summed E-state index contributed by atoms with van der Waals surface area (Å²) in [7, 11) is 0. The molecule has 0 aliphatic heterocycles. The lowest BCUT2D eigenvalue weighted by atomic mass is 10.0. The van der Waals surface area contributed by atoms with Crippen molar-refractivity contribution in [1.82, 2.24) is 43.2 Å². The Bertz CT molecular complexity index is 7520. The Hall–Kier alpha value is -16.2. The Kier molecular flexibility index (Phi) is 16.7. The second kappa shape index (κ2) is 28.9. The van der Waals surface area contributed by atoms with Gasteiger partial charge in [-0.2, -0.15) is 0 Å². The fourth-order valence-corrected chi connectivity index (χ4v) is 18.0. The van der Waals surface area contributed by atoms with E-state index in [0.29, 0.717) is 23.3 Å². The van der Waals surface area contributed by atoms with Crippen molar-refractivity contribution in [3.05, 3.63) is 431 Å². The minimum absolute atomic E-state index is 0.637. The molecule has 24 aromatic rings. The Morgan fingerprint density at radius 2 is 0.383 bits per heavy atom. The van der Waals surface area contributed by atoms with Gasteiger partial charge in [-0.05, 0) is 173 Å². The summed E-state index contributed by atoms with van der Waals surface area (Å²) in [6.07, 6.45) is 0. The van der Waals surface area contributed by atoms with Gasteiger partial charge in [0.1, 0.15) is 0 Å². The summed E-state index contributed by atoms with van der Waals surface area (Å²) in [5, 5.41) is 14.8. The van der Waals surface area contributed by atoms with Crippen LogP contribution in [0, 0.1) is 0 Å². The van der Waals surface area contributed by atoms with E-state index < -0.39 is 0 Å². The van der Waals surface area contributed by atoms with E-state index in [4.69, 9.17) is 24.9 Å². The highest BCUT2D eigenvalue weighted by Crippen LogP contribution is 2.44. The molecule has 0 aliphatic carbocycles. The van der Waals surface area contributed by atoms with Gasteiger partial charge in [0.2, 0.25) is 0 Å². The second-order valence-electron chi connectivity index (χ2n) is 30.7. The lowest BCUT2D eigenvalue weighted by molar-refractivity contribution is 1.07. The summed E-state index contributed by atoms with van der Waals surface area (Å²) in [6.45, 7) is 0. The highest BCUT2D eigenvalue weighted by molar-refractivity contribution is 6.16. The molecule has 0 saturated heterocycles. The van der Waals surface area contributed by atoms with Crippen molar-refractivity contribution in [2.24, 2.45) is 0 Å². The number of hydrogen-bond donors (Lipinski definition) is 0. The maximum absolute atomic E-state index is 5.08. The number of para-hydroxylation sites is 4. The van der Waals surface area contributed by atoms with Crippen LogP contribution in [0.15, 0.2) is 431 Å². The van der Waals surface area contributed by atoms with Crippen LogP contribution in [0.4, 0.5) is 0 Å². The topological polar surface area (TPSA) is 84.2 Å². The summed E-state index contributed by atoms with van der Waals surface area (Å²) in [4.78, 5) is 25.0. The normalized spacial score (nSPS) is 11.7. The molecule has 6 aromatic heterocycles. The monoisotopic (exact) mass is 1530 g/mol. The molecule has 6 heterocycles. The highest BCUT2D eigenvalue weighted by atomic mass is 15.0. The van der Waals surface area contributed by atoms with Crippen LogP contribution < -0.4 is 0 Å². The van der Waals surface area contributed by atoms with Crippen LogP contribution in [0.5, 0.6) is 0 Å². The van der Waals surface area contributed by atoms with E-state index in [1.165, 1.54) is 126 Å². The van der Waals surface area contributed by atoms with Gasteiger partial charge in [-0.15, -0.1) is 0 Å². The van der Waals surface area contributed by atoms with Crippen molar-refractivity contribution >= 4 is 109 Å². The number of fused-ring (bicyclic) bond motifs is 14. The standard InChI is InChI=1S/C56H36N4.C55H35N5/c1-3-15-38(16-4-1)49-36-50(39-17-5-2-6-18-39)58-56(57-49)40-26-30-43(31-27-40)59-52-23-11-9-21-45(52)47-34-41(28-32-54(47)59)42-29-33-55-48(35-42)46-22-10-12-24-53(46)60(55)51-25-13-19-37-14-7-8-20-44(37)51;1-3-15-37(16-4-1)53-56-54(38-17-5-2-6-18-38)58-55(57-53)39-26-30-42(31-27-39)59-49-23-11-9-21-44(49)46-34-40(28-32-51(46)59)41-29-33-52-47(35-41)45-22-10-12-24-50(45)60(52)48-25-13-19-36-14-7-8-20-43(36)48/h1-36H;1-35H. The van der Waals surface area contributed by atoms with Crippen molar-refractivity contribution < 1.29 is 0 Å². The average molecular weight is 1530 g/mol. The highest BCUT2D eigenvalue weighted by Gasteiger charge is 2.23. The van der Waals surface area contributed by atoms with E-state index in [1.54, 1.807) is 0 Å². The van der Waals surface area contributed by atoms with Gasteiger partial charge in [0.05, 0.1) is 66.9 Å². The maximum Gasteiger partial charge on any atom is 0.164 e. The quantitative estimate of drug-likeness (QED) is 0.122. The van der Waals surface area contributed by atoms with Crippen molar-refractivity contribution in [2.45, 2.75) is 0 Å². The van der Waals surface area contributed by atoms with Crippen LogP contribution in [0.1, 0.15) is 0 Å². The lowest BCUT2D eigenvalue weighted by Gasteiger charge is -2.12. The number of rotatable bonds is 12. The molecule has 0 spiro atoms. The predicted octanol–water partition coefficient (Wildman–Crippen LogP) is 28.4. The zero-order chi connectivity index (χ0) is 79.1. The van der Waals surface area contributed by atoms with Gasteiger partial charge < -0.3 is 18.3 Å². The lowest BCUT2D eigenvalue weighted by Crippen LogP contribution is -2.00. The average Bonchev–Trinajstić information content (AvgIpc) is 1.58. The molecular weight excluding hydrogens is 1460 g/mol. The molecule has 0 amide bonds. The molecule has 18 aromatic carbocycles. The van der Waals surface area contributed by atoms with Crippen molar-refractivity contribution in [2.75, 3.05) is 0 Å². The first kappa shape index (κ1) is 69.3. The second-order valence-corrected chi connectivity index (χ2v) is 30.7. The van der Waals surface area contributed by atoms with Crippen molar-refractivity contribution in [1.29, 1.82) is 0 Å². The van der Waals surface area contributed by atoms with Gasteiger partial charge in [0.15, 0.2) is 23.3 Å². The molecule has 9 heteroatoms. The van der Waals surface area contributed by atoms with Gasteiger partial charge in [0, 0.05) is 98.6 Å². The third-order valence-corrected chi connectivity index (χ3v) is 23.7. The number of hydrogen-bond acceptors (Lipinski definition) is 5. The molecule has 9 nitrogen and oxygen atoms in total. The minimum Gasteiger partial charge on any atom is -0.309 e. The molecule has 0 saturated carbocycles. The van der Waals surface area contributed by atoms with Crippen LogP contribution in [-0.2, 0) is 0 Å². The molecule has 0 N–H and O–H groups in total. The fraction of sp³-hybridized carbons (Fsp3) is 0. The molecule has 0 unspecified atom stereocenters. The van der Waals surface area contributed by atoms with E-state index >= 15 is 0 Å². The molecule has 0 fully saturated rings. The van der Waals surface area contributed by atoms with Crippen LogP contribution in [0.2, 0.25) is 0 Å². The number of aromatic nitrogens is 9. The first-order valence-electron chi connectivity index (χ1n) is 40.7. The van der Waals surface area contributed by atoms with E-state index in [0.717, 1.165) is 72.7 Å². The van der Waals surface area contributed by atoms with E-state index in [2.05, 4.69) is 376 Å². The molecule has 24 rings (SSSR count). The van der Waals surface area contributed by atoms with E-state index in [1.807, 2.05) is 72.8 Å². The van der Waals surface area contributed by atoms with Crippen LogP contribution in [0.25, 0.3) is 222 Å². The zero-order valence-electron chi connectivity index (χ0n) is 65.0. The summed E-state index contributed by atoms with van der Waals surface area (Å²) in [5.41, 5.74) is 26.5. The largest absolute Gasteiger partial charge is 0.309 e. The molecule has 560 valence electrons. The van der Waals surface area contributed by atoms with E-state index in [-0.39, 0.29) is 0 Å². The first-order valence-corrected chi connectivity index (χ1v) is 40.7. The van der Waals surface area contributed by atoms with Gasteiger partial charge in [-0.1, -0.05) is 291 Å². The molecule has 0 radical (unpaired) electrons. The van der Waals surface area contributed by atoms with Crippen LogP contribution in [0.3, 0.4) is 0 Å². The Morgan fingerprint density at radius 1 is 0.142 bits per heavy atom. The van der Waals surface area contributed by atoms with Gasteiger partial charge >= 0.3 is 0 Å². The van der Waals surface area contributed by atoms with Gasteiger partial charge in [-0.25, -0.2) is 24.9 Å². The zero-order valence-corrected chi connectivity index (χ0v) is 65.0. The Labute approximate surface area is 691 Å². The molecular formula is C111H71N9. The smallest absolute Gasteiger partial charge is 0.164 e. The molecule has 0 bridgehead atoms. The fourth-order valence-electron chi connectivity index (χ4n) is 18.0. The molecule has 0 atom stereocenters. The van der Waals surface area contributed by atoms with E-state index in [9.17, 15) is 0 Å². The summed E-state index contributed by atoms with van der Waals surface area (Å²) >= 11 is 0. The summed E-state index contributed by atoms with van der Waals surface area (Å²) in [6, 6.07) is 153. The third kappa shape index (κ3) is 12.0. The number of nitrogens with zero attached hydrogens (tertiary/aromatic N) is 9. The van der Waals surface area contributed by atoms with Gasteiger partial charge in [0.25, 0.3) is 0 Å². The molecule has 0 aliphatic rings. The Balaban J connectivity index is 0.000000140. The predicted molar refractivity (Wildman–Crippen MR) is 498 cm³/mol. The summed E-state index contributed by atoms with van der Waals surface area (Å²) in [5.74, 6) is 2.64. The van der Waals surface area contributed by atoms with Crippen molar-refractivity contribution in [3.8, 4) is 113 Å². The van der Waals surface area contributed by atoms with Crippen molar-refractivity contribution in [3.63, 3.8) is 0 Å². The maximum atomic E-state index is 5.08. The minimum atomic E-state index is 0.637. The number of benzene rings is 18. The SMILES string of the molecule is c1ccc(-c2cc(-c3ccccc3)nc(-c3ccc(-n4c5ccccc5c5cc(-c6ccc7c(c6)c6ccccc6n7-c6cccc7ccccc67)ccc54)cc3)n2)cc1.c1ccc(-c2nc(-c3ccccc3)nc(-c3ccc(-n4c5ccccc5c5cc(-c6ccc7c(c6)c6ccccc6n7-c6cccc7ccccc67)ccc54)cc3)n2)cc1. The first-order chi connectivity index (χ1) is 59.5. The van der Waals surface area contributed by atoms with Gasteiger partial charge in [-0.3, -0.25) is 0 Å². The van der Waals surface area contributed by atoms with Crippen LogP contribution >= 0.6 is 0 Å². The summed E-state index contributed by atoms with van der Waals surface area (Å²) < 4.78 is 9.57. The third-order valence-electron chi connectivity index (χ3n) is 23.7. The molecule has 120 heavy (non-hydrogen) atoms. The van der Waals surface area contributed by atoms with Crippen LogP contribution in [-0.4, -0.2) is 43.2 Å². The Morgan fingerprint density at radius 3 is 0.725 bits per heavy atom.